The molecule has 1 aliphatic rings. The highest BCUT2D eigenvalue weighted by Crippen LogP contribution is 2.21. The van der Waals surface area contributed by atoms with Crippen LogP contribution in [-0.4, -0.2) is 42.5 Å². The lowest BCUT2D eigenvalue weighted by Gasteiger charge is -2.33. The number of aliphatic hydroxyl groups is 1. The van der Waals surface area contributed by atoms with Crippen LogP contribution in [0.1, 0.15) is 12.8 Å². The second-order valence-corrected chi connectivity index (χ2v) is 4.22. The number of piperidine rings is 1. The van der Waals surface area contributed by atoms with E-state index in [1.807, 2.05) is 18.3 Å². The number of aromatic nitrogens is 1. The van der Waals surface area contributed by atoms with Gasteiger partial charge in [-0.15, -0.1) is 0 Å². The number of rotatable bonds is 4. The van der Waals surface area contributed by atoms with Gasteiger partial charge in [0.1, 0.15) is 5.82 Å². The topological polar surface area (TPSA) is 71.6 Å². The second kappa shape index (κ2) is 5.84. The van der Waals surface area contributed by atoms with Crippen molar-refractivity contribution < 1.29 is 9.84 Å². The Morgan fingerprint density at radius 2 is 2.18 bits per heavy atom. The Balaban J connectivity index is 1.84. The Bertz CT molecular complexity index is 334. The molecule has 0 bridgehead atoms. The predicted molar refractivity (Wildman–Crippen MR) is 66.9 cm³/mol. The average molecular weight is 237 g/mol. The van der Waals surface area contributed by atoms with E-state index >= 15 is 0 Å². The summed E-state index contributed by atoms with van der Waals surface area (Å²) in [6.45, 7) is 2.46. The number of pyridine rings is 1. The molecule has 1 aromatic heterocycles. The number of anilines is 2. The molecule has 0 aliphatic carbocycles. The van der Waals surface area contributed by atoms with Crippen molar-refractivity contribution in [1.29, 1.82) is 0 Å². The van der Waals surface area contributed by atoms with Gasteiger partial charge in [0.05, 0.1) is 31.2 Å². The van der Waals surface area contributed by atoms with Crippen LogP contribution in [0.2, 0.25) is 0 Å². The first-order chi connectivity index (χ1) is 8.29. The van der Waals surface area contributed by atoms with Crippen LogP contribution >= 0.6 is 0 Å². The fourth-order valence-corrected chi connectivity index (χ4v) is 2.08. The normalized spacial score (nSPS) is 17.4. The maximum atomic E-state index is 8.70. The van der Waals surface area contributed by atoms with Crippen molar-refractivity contribution in [2.75, 3.05) is 36.9 Å². The van der Waals surface area contributed by atoms with E-state index < -0.39 is 0 Å². The van der Waals surface area contributed by atoms with E-state index in [1.165, 1.54) is 0 Å². The van der Waals surface area contributed by atoms with Crippen LogP contribution in [-0.2, 0) is 4.74 Å². The van der Waals surface area contributed by atoms with Gasteiger partial charge in [0.2, 0.25) is 0 Å². The molecule has 0 atom stereocenters. The predicted octanol–water partition coefficient (Wildman–Crippen LogP) is 0.641. The summed E-state index contributed by atoms with van der Waals surface area (Å²) in [5.74, 6) is 0.551. The van der Waals surface area contributed by atoms with Crippen molar-refractivity contribution in [1.82, 2.24) is 4.98 Å². The van der Waals surface area contributed by atoms with Crippen molar-refractivity contribution in [2.24, 2.45) is 0 Å². The summed E-state index contributed by atoms with van der Waals surface area (Å²) in [5.41, 5.74) is 6.67. The van der Waals surface area contributed by atoms with Crippen LogP contribution in [0.5, 0.6) is 0 Å². The van der Waals surface area contributed by atoms with Gasteiger partial charge in [-0.1, -0.05) is 0 Å². The Labute approximate surface area is 101 Å². The minimum atomic E-state index is 0.0993. The molecule has 5 nitrogen and oxygen atoms in total. The molecule has 1 fully saturated rings. The fraction of sp³-hybridized carbons (Fsp3) is 0.583. The van der Waals surface area contributed by atoms with Crippen molar-refractivity contribution in [3.8, 4) is 0 Å². The van der Waals surface area contributed by atoms with E-state index in [9.17, 15) is 0 Å². The Morgan fingerprint density at radius 3 is 2.76 bits per heavy atom. The van der Waals surface area contributed by atoms with E-state index in [-0.39, 0.29) is 12.7 Å². The molecule has 2 rings (SSSR count). The molecule has 2 heterocycles. The number of nitrogens with zero attached hydrogens (tertiary/aromatic N) is 2. The van der Waals surface area contributed by atoms with Crippen LogP contribution < -0.4 is 10.6 Å². The van der Waals surface area contributed by atoms with Gasteiger partial charge in [0.25, 0.3) is 0 Å². The zero-order chi connectivity index (χ0) is 12.1. The highest BCUT2D eigenvalue weighted by Gasteiger charge is 2.19. The fourth-order valence-electron chi connectivity index (χ4n) is 2.08. The number of ether oxygens (including phenoxy) is 1. The first-order valence-electron chi connectivity index (χ1n) is 5.98. The van der Waals surface area contributed by atoms with Gasteiger partial charge in [-0.25, -0.2) is 4.98 Å². The summed E-state index contributed by atoms with van der Waals surface area (Å²) < 4.78 is 5.52. The number of hydrogen-bond acceptors (Lipinski definition) is 5. The van der Waals surface area contributed by atoms with Crippen LogP contribution in [0.15, 0.2) is 18.3 Å². The number of nitrogens with two attached hydrogens (primary N) is 1. The second-order valence-electron chi connectivity index (χ2n) is 4.22. The molecule has 1 aromatic rings. The lowest BCUT2D eigenvalue weighted by molar-refractivity contribution is 0.0159. The first kappa shape index (κ1) is 12.1. The molecule has 0 radical (unpaired) electrons. The van der Waals surface area contributed by atoms with E-state index in [0.717, 1.165) is 31.6 Å². The summed E-state index contributed by atoms with van der Waals surface area (Å²) in [5, 5.41) is 8.70. The Kier molecular flexibility index (Phi) is 4.17. The van der Waals surface area contributed by atoms with Gasteiger partial charge in [-0.2, -0.15) is 0 Å². The van der Waals surface area contributed by atoms with Crippen LogP contribution in [0, 0.1) is 0 Å². The molecule has 0 spiro atoms. The lowest BCUT2D eigenvalue weighted by atomic mass is 10.1. The van der Waals surface area contributed by atoms with Crippen molar-refractivity contribution in [3.63, 3.8) is 0 Å². The van der Waals surface area contributed by atoms with Crippen molar-refractivity contribution in [2.45, 2.75) is 18.9 Å². The zero-order valence-electron chi connectivity index (χ0n) is 9.88. The lowest BCUT2D eigenvalue weighted by Crippen LogP contribution is -2.37. The van der Waals surface area contributed by atoms with E-state index in [2.05, 4.69) is 9.88 Å². The van der Waals surface area contributed by atoms with Gasteiger partial charge < -0.3 is 20.5 Å². The highest BCUT2D eigenvalue weighted by molar-refractivity contribution is 5.48. The molecule has 0 saturated carbocycles. The summed E-state index contributed by atoms with van der Waals surface area (Å²) in [4.78, 5) is 6.38. The standard InChI is InChI=1S/C12H19N3O2/c13-12-2-1-10(9-14-12)15-5-3-11(4-6-15)17-8-7-16/h1-2,9,11,16H,3-8H2,(H2,13,14). The minimum Gasteiger partial charge on any atom is -0.394 e. The Hall–Kier alpha value is -1.33. The summed E-state index contributed by atoms with van der Waals surface area (Å²) in [6.07, 6.45) is 4.07. The van der Waals surface area contributed by atoms with Gasteiger partial charge in [0, 0.05) is 13.1 Å². The molecule has 17 heavy (non-hydrogen) atoms. The largest absolute Gasteiger partial charge is 0.394 e. The third-order valence-electron chi connectivity index (χ3n) is 3.02. The third kappa shape index (κ3) is 3.31. The molecule has 0 amide bonds. The summed E-state index contributed by atoms with van der Waals surface area (Å²) >= 11 is 0. The monoisotopic (exact) mass is 237 g/mol. The summed E-state index contributed by atoms with van der Waals surface area (Å²) in [6, 6.07) is 3.82. The summed E-state index contributed by atoms with van der Waals surface area (Å²) in [7, 11) is 0. The molecule has 5 heteroatoms. The molecule has 0 unspecified atom stereocenters. The van der Waals surface area contributed by atoms with Gasteiger partial charge in [0.15, 0.2) is 0 Å². The van der Waals surface area contributed by atoms with Gasteiger partial charge in [-0.3, -0.25) is 0 Å². The Morgan fingerprint density at radius 1 is 1.41 bits per heavy atom. The SMILES string of the molecule is Nc1ccc(N2CCC(OCCO)CC2)cn1. The van der Waals surface area contributed by atoms with E-state index in [0.29, 0.717) is 12.4 Å². The van der Waals surface area contributed by atoms with Crippen molar-refractivity contribution >= 4 is 11.5 Å². The van der Waals surface area contributed by atoms with Gasteiger partial charge >= 0.3 is 0 Å². The minimum absolute atomic E-state index is 0.0993. The molecule has 3 N–H and O–H groups in total. The number of hydrogen-bond donors (Lipinski definition) is 2. The highest BCUT2D eigenvalue weighted by atomic mass is 16.5. The molecule has 1 saturated heterocycles. The maximum absolute atomic E-state index is 8.70. The maximum Gasteiger partial charge on any atom is 0.123 e. The van der Waals surface area contributed by atoms with Crippen molar-refractivity contribution in [3.05, 3.63) is 18.3 Å². The van der Waals surface area contributed by atoms with Gasteiger partial charge in [-0.05, 0) is 25.0 Å². The zero-order valence-corrected chi connectivity index (χ0v) is 9.88. The third-order valence-corrected chi connectivity index (χ3v) is 3.02. The van der Waals surface area contributed by atoms with Crippen LogP contribution in [0.25, 0.3) is 0 Å². The van der Waals surface area contributed by atoms with E-state index in [4.69, 9.17) is 15.6 Å². The van der Waals surface area contributed by atoms with Crippen LogP contribution in [0.4, 0.5) is 11.5 Å². The average Bonchev–Trinajstić information content (AvgIpc) is 2.38. The van der Waals surface area contributed by atoms with Crippen LogP contribution in [0.3, 0.4) is 0 Å². The molecular weight excluding hydrogens is 218 g/mol. The molecular formula is C12H19N3O2. The van der Waals surface area contributed by atoms with E-state index in [1.54, 1.807) is 0 Å². The first-order valence-corrected chi connectivity index (χ1v) is 5.98. The quantitative estimate of drug-likeness (QED) is 0.804. The molecule has 94 valence electrons. The number of aliphatic hydroxyl groups excluding tert-OH is 1. The molecule has 1 aliphatic heterocycles. The molecule has 0 aromatic carbocycles. The smallest absolute Gasteiger partial charge is 0.123 e. The number of nitrogen functional groups attached to an aromatic ring is 1.